The van der Waals surface area contributed by atoms with Gasteiger partial charge < -0.3 is 10.2 Å². The van der Waals surface area contributed by atoms with E-state index in [4.69, 9.17) is 0 Å². The summed E-state index contributed by atoms with van der Waals surface area (Å²) in [5.41, 5.74) is 0. The third-order valence-electron chi connectivity index (χ3n) is 3.47. The first-order valence-electron chi connectivity index (χ1n) is 6.68. The van der Waals surface area contributed by atoms with Crippen molar-refractivity contribution in [2.24, 2.45) is 0 Å². The van der Waals surface area contributed by atoms with Gasteiger partial charge in [-0.15, -0.1) is 0 Å². The second kappa shape index (κ2) is 7.02. The number of amides is 2. The molecule has 1 heterocycles. The molecule has 0 aliphatic carbocycles. The van der Waals surface area contributed by atoms with Crippen LogP contribution in [0.25, 0.3) is 0 Å². The highest BCUT2D eigenvalue weighted by molar-refractivity contribution is 7.98. The molecule has 3 unspecified atom stereocenters. The van der Waals surface area contributed by atoms with E-state index >= 15 is 0 Å². The van der Waals surface area contributed by atoms with Gasteiger partial charge in [0.05, 0.1) is 0 Å². The Kier molecular flexibility index (Phi) is 5.99. The van der Waals surface area contributed by atoms with Crippen molar-refractivity contribution >= 4 is 23.6 Å². The molecule has 18 heavy (non-hydrogen) atoms. The van der Waals surface area contributed by atoms with Crippen LogP contribution in [0.3, 0.4) is 0 Å². The van der Waals surface area contributed by atoms with E-state index in [-0.39, 0.29) is 29.9 Å². The van der Waals surface area contributed by atoms with Gasteiger partial charge in [0.2, 0.25) is 11.8 Å². The first-order valence-corrected chi connectivity index (χ1v) is 8.07. The number of hydrogen-bond donors (Lipinski definition) is 1. The van der Waals surface area contributed by atoms with Crippen LogP contribution in [0.15, 0.2) is 0 Å². The van der Waals surface area contributed by atoms with E-state index in [0.717, 1.165) is 25.0 Å². The smallest absolute Gasteiger partial charge is 0.246 e. The van der Waals surface area contributed by atoms with Crippen molar-refractivity contribution in [1.82, 2.24) is 10.2 Å². The minimum Gasteiger partial charge on any atom is -0.343 e. The van der Waals surface area contributed by atoms with E-state index in [1.807, 2.05) is 20.1 Å². The Bertz CT molecular complexity index is 309. The maximum absolute atomic E-state index is 12.4. The van der Waals surface area contributed by atoms with Gasteiger partial charge in [-0.25, -0.2) is 0 Å². The monoisotopic (exact) mass is 272 g/mol. The van der Waals surface area contributed by atoms with Gasteiger partial charge >= 0.3 is 0 Å². The largest absolute Gasteiger partial charge is 0.343 e. The Morgan fingerprint density at radius 1 is 1.39 bits per heavy atom. The normalized spacial score (nSPS) is 26.1. The Morgan fingerprint density at radius 3 is 2.56 bits per heavy atom. The van der Waals surface area contributed by atoms with Crippen molar-refractivity contribution in [1.29, 1.82) is 0 Å². The standard InChI is InChI=1S/C13H24N2O2S/c1-5-7-11-13(17)15(9(3)12(16)14-11)10(6-2)8-18-4/h9-11H,5-8H2,1-4H3,(H,14,16). The molecule has 0 bridgehead atoms. The Hall–Kier alpha value is -0.710. The van der Waals surface area contributed by atoms with E-state index in [9.17, 15) is 9.59 Å². The molecule has 1 aliphatic rings. The molecule has 0 aromatic heterocycles. The molecule has 1 N–H and O–H groups in total. The first-order chi connectivity index (χ1) is 8.56. The zero-order valence-corrected chi connectivity index (χ0v) is 12.5. The maximum Gasteiger partial charge on any atom is 0.246 e. The number of nitrogens with one attached hydrogen (secondary N) is 1. The summed E-state index contributed by atoms with van der Waals surface area (Å²) < 4.78 is 0. The van der Waals surface area contributed by atoms with Gasteiger partial charge in [0.25, 0.3) is 0 Å². The van der Waals surface area contributed by atoms with Crippen LogP contribution in [-0.4, -0.2) is 46.8 Å². The number of hydrogen-bond acceptors (Lipinski definition) is 3. The predicted octanol–water partition coefficient (Wildman–Crippen LogP) is 1.64. The summed E-state index contributed by atoms with van der Waals surface area (Å²) in [6, 6.07) is -0.509. The minimum absolute atomic E-state index is 0.0207. The summed E-state index contributed by atoms with van der Waals surface area (Å²) in [5, 5.41) is 2.83. The molecule has 4 nitrogen and oxygen atoms in total. The highest BCUT2D eigenvalue weighted by Gasteiger charge is 2.40. The molecule has 1 fully saturated rings. The summed E-state index contributed by atoms with van der Waals surface area (Å²) in [4.78, 5) is 26.2. The quantitative estimate of drug-likeness (QED) is 0.800. The zero-order chi connectivity index (χ0) is 13.7. The first kappa shape index (κ1) is 15.3. The van der Waals surface area contributed by atoms with E-state index in [1.165, 1.54) is 0 Å². The zero-order valence-electron chi connectivity index (χ0n) is 11.7. The fourth-order valence-corrected chi connectivity index (χ4v) is 3.20. The van der Waals surface area contributed by atoms with Crippen molar-refractivity contribution in [2.75, 3.05) is 12.0 Å². The average Bonchev–Trinajstić information content (AvgIpc) is 2.35. The predicted molar refractivity (Wildman–Crippen MR) is 75.6 cm³/mol. The van der Waals surface area contributed by atoms with Crippen LogP contribution in [0.4, 0.5) is 0 Å². The van der Waals surface area contributed by atoms with Crippen LogP contribution < -0.4 is 5.32 Å². The highest BCUT2D eigenvalue weighted by Crippen LogP contribution is 2.20. The third kappa shape index (κ3) is 3.19. The third-order valence-corrected chi connectivity index (χ3v) is 4.18. The lowest BCUT2D eigenvalue weighted by Crippen LogP contribution is -2.65. The van der Waals surface area contributed by atoms with E-state index in [2.05, 4.69) is 12.2 Å². The van der Waals surface area contributed by atoms with Gasteiger partial charge in [0, 0.05) is 11.8 Å². The Morgan fingerprint density at radius 2 is 2.06 bits per heavy atom. The highest BCUT2D eigenvalue weighted by atomic mass is 32.2. The molecular formula is C13H24N2O2S. The van der Waals surface area contributed by atoms with Gasteiger partial charge in [-0.1, -0.05) is 20.3 Å². The van der Waals surface area contributed by atoms with Crippen LogP contribution in [0.1, 0.15) is 40.0 Å². The maximum atomic E-state index is 12.4. The lowest BCUT2D eigenvalue weighted by Gasteiger charge is -2.41. The number of thioether (sulfide) groups is 1. The number of carbonyl (C=O) groups is 2. The summed E-state index contributed by atoms with van der Waals surface area (Å²) in [6.07, 6.45) is 4.55. The second-order valence-electron chi connectivity index (χ2n) is 4.79. The summed E-state index contributed by atoms with van der Waals surface area (Å²) in [6.45, 7) is 5.92. The van der Waals surface area contributed by atoms with Crippen LogP contribution >= 0.6 is 11.8 Å². The Labute approximate surface area is 114 Å². The molecule has 1 saturated heterocycles. The van der Waals surface area contributed by atoms with Gasteiger partial charge in [0.15, 0.2) is 0 Å². The van der Waals surface area contributed by atoms with Crippen molar-refractivity contribution in [3.63, 3.8) is 0 Å². The molecule has 0 saturated carbocycles. The summed E-state index contributed by atoms with van der Waals surface area (Å²) in [5.74, 6) is 0.955. The van der Waals surface area contributed by atoms with Gasteiger partial charge in [-0.05, 0) is 26.0 Å². The van der Waals surface area contributed by atoms with E-state index in [0.29, 0.717) is 0 Å². The molecule has 0 radical (unpaired) electrons. The number of rotatable bonds is 6. The van der Waals surface area contributed by atoms with Crippen LogP contribution in [0.5, 0.6) is 0 Å². The van der Waals surface area contributed by atoms with Gasteiger partial charge in [0.1, 0.15) is 12.1 Å². The second-order valence-corrected chi connectivity index (χ2v) is 5.70. The number of piperazine rings is 1. The topological polar surface area (TPSA) is 49.4 Å². The van der Waals surface area contributed by atoms with Crippen molar-refractivity contribution < 1.29 is 9.59 Å². The van der Waals surface area contributed by atoms with Gasteiger partial charge in [-0.2, -0.15) is 11.8 Å². The minimum atomic E-state index is -0.345. The Balaban J connectivity index is 2.89. The molecule has 0 aromatic rings. The molecule has 2 amide bonds. The summed E-state index contributed by atoms with van der Waals surface area (Å²) in [7, 11) is 0. The van der Waals surface area contributed by atoms with Crippen molar-refractivity contribution in [3.05, 3.63) is 0 Å². The van der Waals surface area contributed by atoms with Crippen LogP contribution in [0, 0.1) is 0 Å². The average molecular weight is 272 g/mol. The molecule has 1 aliphatic heterocycles. The molecule has 0 aromatic carbocycles. The van der Waals surface area contributed by atoms with Crippen LogP contribution in [-0.2, 0) is 9.59 Å². The molecule has 1 rings (SSSR count). The molecule has 3 atom stereocenters. The summed E-state index contributed by atoms with van der Waals surface area (Å²) >= 11 is 1.72. The lowest BCUT2D eigenvalue weighted by atomic mass is 10.0. The van der Waals surface area contributed by atoms with Gasteiger partial charge in [-0.3, -0.25) is 9.59 Å². The van der Waals surface area contributed by atoms with Crippen molar-refractivity contribution in [2.45, 2.75) is 58.2 Å². The SMILES string of the molecule is CCCC1NC(=O)C(C)N(C(CC)CSC)C1=O. The number of carbonyl (C=O) groups excluding carboxylic acids is 2. The fourth-order valence-electron chi connectivity index (χ4n) is 2.42. The number of nitrogens with zero attached hydrogens (tertiary/aromatic N) is 1. The molecule has 0 spiro atoms. The van der Waals surface area contributed by atoms with E-state index < -0.39 is 0 Å². The van der Waals surface area contributed by atoms with E-state index in [1.54, 1.807) is 16.7 Å². The molecule has 104 valence electrons. The lowest BCUT2D eigenvalue weighted by molar-refractivity contribution is -0.151. The molecule has 5 heteroatoms. The van der Waals surface area contributed by atoms with Crippen LogP contribution in [0.2, 0.25) is 0 Å². The van der Waals surface area contributed by atoms with Crippen molar-refractivity contribution in [3.8, 4) is 0 Å². The fraction of sp³-hybridized carbons (Fsp3) is 0.846. The molecular weight excluding hydrogens is 248 g/mol.